The summed E-state index contributed by atoms with van der Waals surface area (Å²) in [6, 6.07) is 6.03. The van der Waals surface area contributed by atoms with Crippen molar-refractivity contribution in [1.29, 1.82) is 5.41 Å². The number of rotatable bonds is 4. The van der Waals surface area contributed by atoms with Gasteiger partial charge in [0.05, 0.1) is 0 Å². The van der Waals surface area contributed by atoms with Crippen LogP contribution in [0.5, 0.6) is 0 Å². The predicted octanol–water partition coefficient (Wildman–Crippen LogP) is 3.56. The van der Waals surface area contributed by atoms with Crippen LogP contribution in [0.2, 0.25) is 0 Å². The molecule has 0 heterocycles. The Bertz CT molecular complexity index is 409. The van der Waals surface area contributed by atoms with Crippen LogP contribution in [0, 0.1) is 18.3 Å². The van der Waals surface area contributed by atoms with Crippen molar-refractivity contribution in [1.82, 2.24) is 0 Å². The second-order valence-electron chi connectivity index (χ2n) is 4.83. The summed E-state index contributed by atoms with van der Waals surface area (Å²) in [6.07, 6.45) is 5.51. The molecular weight excluding hydrogens is 228 g/mol. The molecule has 2 rings (SSSR count). The summed E-state index contributed by atoms with van der Waals surface area (Å²) >= 11 is 1.88. The topological polar surface area (TPSA) is 49.9 Å². The summed E-state index contributed by atoms with van der Waals surface area (Å²) in [5.41, 5.74) is 7.77. The van der Waals surface area contributed by atoms with Gasteiger partial charge in [-0.15, -0.1) is 11.8 Å². The number of hydrogen-bond donors (Lipinski definition) is 2. The lowest BCUT2D eigenvalue weighted by Gasteiger charge is -2.13. The lowest BCUT2D eigenvalue weighted by atomic mass is 10.1. The molecule has 1 saturated carbocycles. The zero-order valence-corrected chi connectivity index (χ0v) is 11.1. The normalized spacial score (nSPS) is 16.3. The van der Waals surface area contributed by atoms with Crippen LogP contribution in [-0.2, 0) is 0 Å². The van der Waals surface area contributed by atoms with E-state index in [1.165, 1.54) is 41.9 Å². The van der Waals surface area contributed by atoms with Crippen LogP contribution in [0.15, 0.2) is 23.1 Å². The first kappa shape index (κ1) is 12.5. The SMILES string of the molecule is Cc1cccc(C(=N)N)c1SCC1CCCC1. The Morgan fingerprint density at radius 2 is 2.12 bits per heavy atom. The molecule has 0 unspecified atom stereocenters. The third kappa shape index (κ3) is 3.03. The van der Waals surface area contributed by atoms with E-state index in [1.54, 1.807) is 0 Å². The van der Waals surface area contributed by atoms with Gasteiger partial charge in [-0.25, -0.2) is 0 Å². The monoisotopic (exact) mass is 248 g/mol. The van der Waals surface area contributed by atoms with E-state index in [1.807, 2.05) is 23.9 Å². The van der Waals surface area contributed by atoms with Gasteiger partial charge in [0, 0.05) is 16.2 Å². The van der Waals surface area contributed by atoms with E-state index in [0.29, 0.717) is 0 Å². The average Bonchev–Trinajstić information content (AvgIpc) is 2.80. The highest BCUT2D eigenvalue weighted by Gasteiger charge is 2.17. The van der Waals surface area contributed by atoms with Crippen molar-refractivity contribution in [3.63, 3.8) is 0 Å². The van der Waals surface area contributed by atoms with Gasteiger partial charge in [-0.05, 0) is 31.2 Å². The van der Waals surface area contributed by atoms with Gasteiger partial charge in [0.1, 0.15) is 5.84 Å². The molecular formula is C14H20N2S. The van der Waals surface area contributed by atoms with Crippen LogP contribution in [-0.4, -0.2) is 11.6 Å². The van der Waals surface area contributed by atoms with Gasteiger partial charge in [0.2, 0.25) is 0 Å². The number of aryl methyl sites for hydroxylation is 1. The Kier molecular flexibility index (Phi) is 4.11. The van der Waals surface area contributed by atoms with E-state index in [2.05, 4.69) is 13.0 Å². The van der Waals surface area contributed by atoms with Gasteiger partial charge in [-0.2, -0.15) is 0 Å². The van der Waals surface area contributed by atoms with E-state index in [-0.39, 0.29) is 5.84 Å². The molecule has 0 aromatic heterocycles. The van der Waals surface area contributed by atoms with Crippen molar-refractivity contribution in [3.05, 3.63) is 29.3 Å². The largest absolute Gasteiger partial charge is 0.384 e. The standard InChI is InChI=1S/C14H20N2S/c1-10-5-4-8-12(14(15)16)13(10)17-9-11-6-2-3-7-11/h4-5,8,11H,2-3,6-7,9H2,1H3,(H3,15,16). The zero-order valence-electron chi connectivity index (χ0n) is 10.3. The number of hydrogen-bond acceptors (Lipinski definition) is 2. The minimum Gasteiger partial charge on any atom is -0.384 e. The summed E-state index contributed by atoms with van der Waals surface area (Å²) in [6.45, 7) is 2.10. The molecule has 1 aromatic carbocycles. The zero-order chi connectivity index (χ0) is 12.3. The summed E-state index contributed by atoms with van der Waals surface area (Å²) in [7, 11) is 0. The van der Waals surface area contributed by atoms with Gasteiger partial charge < -0.3 is 5.73 Å². The van der Waals surface area contributed by atoms with Crippen molar-refractivity contribution in [3.8, 4) is 0 Å². The van der Waals surface area contributed by atoms with Crippen LogP contribution in [0.4, 0.5) is 0 Å². The molecule has 92 valence electrons. The molecule has 2 nitrogen and oxygen atoms in total. The maximum Gasteiger partial charge on any atom is 0.123 e. The molecule has 0 radical (unpaired) electrons. The highest BCUT2D eigenvalue weighted by molar-refractivity contribution is 7.99. The number of nitrogens with two attached hydrogens (primary N) is 1. The predicted molar refractivity (Wildman–Crippen MR) is 74.9 cm³/mol. The lowest BCUT2D eigenvalue weighted by Crippen LogP contribution is -2.13. The Hall–Kier alpha value is -0.960. The molecule has 3 N–H and O–H groups in total. The maximum absolute atomic E-state index is 7.63. The van der Waals surface area contributed by atoms with E-state index in [0.717, 1.165) is 11.5 Å². The van der Waals surface area contributed by atoms with Crippen molar-refractivity contribution >= 4 is 17.6 Å². The molecule has 0 amide bonds. The fourth-order valence-electron chi connectivity index (χ4n) is 2.43. The smallest absolute Gasteiger partial charge is 0.123 e. The fraction of sp³-hybridized carbons (Fsp3) is 0.500. The van der Waals surface area contributed by atoms with Crippen molar-refractivity contribution in [2.45, 2.75) is 37.5 Å². The van der Waals surface area contributed by atoms with Crippen LogP contribution in [0.1, 0.15) is 36.8 Å². The number of amidine groups is 1. The fourth-order valence-corrected chi connectivity index (χ4v) is 3.80. The highest BCUT2D eigenvalue weighted by Crippen LogP contribution is 2.33. The van der Waals surface area contributed by atoms with Crippen LogP contribution < -0.4 is 5.73 Å². The van der Waals surface area contributed by atoms with Gasteiger partial charge in [0.25, 0.3) is 0 Å². The number of nitrogens with one attached hydrogen (secondary N) is 1. The van der Waals surface area contributed by atoms with Crippen LogP contribution in [0.25, 0.3) is 0 Å². The first-order chi connectivity index (χ1) is 8.18. The second-order valence-corrected chi connectivity index (χ2v) is 5.86. The molecule has 1 aliphatic carbocycles. The third-order valence-corrected chi connectivity index (χ3v) is 4.91. The molecule has 1 fully saturated rings. The first-order valence-electron chi connectivity index (χ1n) is 6.25. The van der Waals surface area contributed by atoms with E-state index >= 15 is 0 Å². The molecule has 1 aliphatic rings. The van der Waals surface area contributed by atoms with Gasteiger partial charge in [-0.1, -0.05) is 31.0 Å². The van der Waals surface area contributed by atoms with Crippen LogP contribution in [0.3, 0.4) is 0 Å². The quantitative estimate of drug-likeness (QED) is 0.486. The molecule has 0 spiro atoms. The van der Waals surface area contributed by atoms with Crippen molar-refractivity contribution in [2.24, 2.45) is 11.7 Å². The first-order valence-corrected chi connectivity index (χ1v) is 7.24. The minimum atomic E-state index is 0.183. The van der Waals surface area contributed by atoms with E-state index in [4.69, 9.17) is 11.1 Å². The van der Waals surface area contributed by atoms with Gasteiger partial charge in [0.15, 0.2) is 0 Å². The Morgan fingerprint density at radius 3 is 2.76 bits per heavy atom. The lowest BCUT2D eigenvalue weighted by molar-refractivity contribution is 0.623. The molecule has 0 aliphatic heterocycles. The minimum absolute atomic E-state index is 0.183. The second kappa shape index (κ2) is 5.58. The number of nitrogen functional groups attached to an aromatic ring is 1. The summed E-state index contributed by atoms with van der Waals surface area (Å²) in [5, 5.41) is 7.63. The summed E-state index contributed by atoms with van der Waals surface area (Å²) in [5.74, 6) is 2.22. The van der Waals surface area contributed by atoms with Crippen molar-refractivity contribution in [2.75, 3.05) is 5.75 Å². The molecule has 0 bridgehead atoms. The van der Waals surface area contributed by atoms with Gasteiger partial charge in [-0.3, -0.25) is 5.41 Å². The third-order valence-electron chi connectivity index (χ3n) is 3.44. The molecule has 1 aromatic rings. The number of benzene rings is 1. The molecule has 0 atom stereocenters. The Labute approximate surface area is 107 Å². The maximum atomic E-state index is 7.63. The molecule has 3 heteroatoms. The summed E-state index contributed by atoms with van der Waals surface area (Å²) < 4.78 is 0. The Morgan fingerprint density at radius 1 is 1.41 bits per heavy atom. The van der Waals surface area contributed by atoms with Gasteiger partial charge >= 0.3 is 0 Å². The summed E-state index contributed by atoms with van der Waals surface area (Å²) in [4.78, 5) is 1.20. The van der Waals surface area contributed by atoms with Crippen LogP contribution >= 0.6 is 11.8 Å². The average molecular weight is 248 g/mol. The Balaban J connectivity index is 2.10. The molecule has 17 heavy (non-hydrogen) atoms. The van der Waals surface area contributed by atoms with E-state index < -0.39 is 0 Å². The molecule has 0 saturated heterocycles. The number of thioether (sulfide) groups is 1. The van der Waals surface area contributed by atoms with E-state index in [9.17, 15) is 0 Å². The highest BCUT2D eigenvalue weighted by atomic mass is 32.2. The van der Waals surface area contributed by atoms with Crippen molar-refractivity contribution < 1.29 is 0 Å².